The third-order valence-electron chi connectivity index (χ3n) is 4.63. The normalized spacial score (nSPS) is 25.0. The molecule has 2 aromatic heterocycles. The summed E-state index contributed by atoms with van der Waals surface area (Å²) in [5, 5.41) is 1.22. The zero-order chi connectivity index (χ0) is 13.7. The maximum Gasteiger partial charge on any atom is 0.140 e. The van der Waals surface area contributed by atoms with Gasteiger partial charge in [0.2, 0.25) is 0 Å². The van der Waals surface area contributed by atoms with Gasteiger partial charge in [0.15, 0.2) is 0 Å². The van der Waals surface area contributed by atoms with Crippen molar-refractivity contribution in [3.63, 3.8) is 0 Å². The molecule has 0 saturated heterocycles. The minimum Gasteiger partial charge on any atom is -0.356 e. The number of fused-ring (bicyclic) bond motifs is 1. The molecule has 2 N–H and O–H groups in total. The predicted octanol–water partition coefficient (Wildman–Crippen LogP) is 3.31. The number of aromatic nitrogens is 2. The van der Waals surface area contributed by atoms with Crippen molar-refractivity contribution in [2.45, 2.75) is 50.1 Å². The van der Waals surface area contributed by atoms with E-state index < -0.39 is 0 Å². The third kappa shape index (κ3) is 2.74. The molecular weight excluding hydrogens is 304 g/mol. The predicted molar refractivity (Wildman–Crippen MR) is 90.7 cm³/mol. The Morgan fingerprint density at radius 3 is 2.71 bits per heavy atom. The molecule has 0 aromatic carbocycles. The van der Waals surface area contributed by atoms with E-state index in [0.29, 0.717) is 12.1 Å². The van der Waals surface area contributed by atoms with Gasteiger partial charge in [0.05, 0.1) is 5.39 Å². The van der Waals surface area contributed by atoms with E-state index in [4.69, 9.17) is 5.73 Å². The molecule has 2 aliphatic rings. The Morgan fingerprint density at radius 1 is 1.24 bits per heavy atom. The third-order valence-corrected chi connectivity index (χ3v) is 5.84. The van der Waals surface area contributed by atoms with E-state index in [1.54, 1.807) is 6.33 Å². The molecular formula is C15H21ClN4S. The molecule has 2 fully saturated rings. The monoisotopic (exact) mass is 324 g/mol. The number of nitrogens with zero attached hydrogens (tertiary/aromatic N) is 3. The van der Waals surface area contributed by atoms with Gasteiger partial charge in [-0.1, -0.05) is 0 Å². The van der Waals surface area contributed by atoms with Gasteiger partial charge in [0.1, 0.15) is 17.0 Å². The Morgan fingerprint density at radius 2 is 2.05 bits per heavy atom. The van der Waals surface area contributed by atoms with Crippen LogP contribution in [0.1, 0.15) is 42.9 Å². The molecule has 2 heterocycles. The summed E-state index contributed by atoms with van der Waals surface area (Å²) in [5.41, 5.74) is 6.05. The molecule has 2 aromatic rings. The van der Waals surface area contributed by atoms with Crippen LogP contribution in [0, 0.1) is 0 Å². The summed E-state index contributed by atoms with van der Waals surface area (Å²) < 4.78 is 0. The van der Waals surface area contributed by atoms with Gasteiger partial charge in [-0.05, 0) is 44.1 Å². The van der Waals surface area contributed by atoms with Gasteiger partial charge >= 0.3 is 0 Å². The van der Waals surface area contributed by atoms with Crippen molar-refractivity contribution in [2.24, 2.45) is 5.73 Å². The van der Waals surface area contributed by atoms with Crippen LogP contribution < -0.4 is 10.6 Å². The fourth-order valence-electron chi connectivity index (χ4n) is 3.23. The second-order valence-corrected chi connectivity index (χ2v) is 7.24. The molecule has 0 spiro atoms. The van der Waals surface area contributed by atoms with E-state index in [-0.39, 0.29) is 12.4 Å². The van der Waals surface area contributed by atoms with Crippen LogP contribution in [0.25, 0.3) is 10.2 Å². The molecule has 2 unspecified atom stereocenters. The lowest BCUT2D eigenvalue weighted by atomic mass is 10.2. The Hall–Kier alpha value is -0.910. The van der Waals surface area contributed by atoms with Gasteiger partial charge in [0, 0.05) is 24.0 Å². The highest BCUT2D eigenvalue weighted by Gasteiger charge is 2.29. The lowest BCUT2D eigenvalue weighted by Gasteiger charge is -2.25. The summed E-state index contributed by atoms with van der Waals surface area (Å²) in [6.45, 7) is 0. The van der Waals surface area contributed by atoms with Crippen LogP contribution in [0.15, 0.2) is 12.4 Å². The molecule has 4 nitrogen and oxygen atoms in total. The Kier molecular flexibility index (Phi) is 4.08. The molecule has 6 heteroatoms. The fraction of sp³-hybridized carbons (Fsp3) is 0.600. The van der Waals surface area contributed by atoms with Crippen molar-refractivity contribution in [3.8, 4) is 0 Å². The number of anilines is 1. The molecule has 21 heavy (non-hydrogen) atoms. The number of rotatable bonds is 3. The molecule has 0 aliphatic heterocycles. The Balaban J connectivity index is 0.00000132. The number of halogens is 1. The first-order chi connectivity index (χ1) is 9.72. The maximum atomic E-state index is 6.05. The average molecular weight is 325 g/mol. The lowest BCUT2D eigenvalue weighted by molar-refractivity contribution is 0.628. The number of nitrogens with two attached hydrogens (primary N) is 1. The second kappa shape index (κ2) is 5.71. The van der Waals surface area contributed by atoms with Crippen molar-refractivity contribution in [2.75, 3.05) is 11.9 Å². The summed E-state index contributed by atoms with van der Waals surface area (Å²) in [6.07, 6.45) is 7.74. The quantitative estimate of drug-likeness (QED) is 0.941. The molecule has 0 radical (unpaired) electrons. The molecule has 0 bridgehead atoms. The van der Waals surface area contributed by atoms with E-state index in [9.17, 15) is 0 Å². The van der Waals surface area contributed by atoms with Crippen molar-refractivity contribution in [1.82, 2.24) is 9.97 Å². The number of thiophene rings is 1. The van der Waals surface area contributed by atoms with Crippen LogP contribution in [0.2, 0.25) is 0 Å². The Labute approximate surface area is 135 Å². The number of hydrogen-bond donors (Lipinski definition) is 1. The van der Waals surface area contributed by atoms with Gasteiger partial charge in [-0.3, -0.25) is 0 Å². The van der Waals surface area contributed by atoms with Gasteiger partial charge < -0.3 is 10.6 Å². The van der Waals surface area contributed by atoms with Crippen molar-refractivity contribution in [1.29, 1.82) is 0 Å². The smallest absolute Gasteiger partial charge is 0.140 e. The first-order valence-corrected chi connectivity index (χ1v) is 8.27. The van der Waals surface area contributed by atoms with Crippen LogP contribution >= 0.6 is 23.7 Å². The number of hydrogen-bond acceptors (Lipinski definition) is 5. The highest BCUT2D eigenvalue weighted by atomic mass is 35.5. The Bertz CT molecular complexity index is 640. The van der Waals surface area contributed by atoms with E-state index in [0.717, 1.165) is 29.4 Å². The molecule has 114 valence electrons. The van der Waals surface area contributed by atoms with Gasteiger partial charge in [0.25, 0.3) is 0 Å². The standard InChI is InChI=1S/C15H20N4S.ClH/c1-19(11-5-4-10(16)6-11)14-12-7-13(9-2-3-9)20-15(12)18-8-17-14;/h7-11H,2-6,16H2,1H3;1H. The zero-order valence-electron chi connectivity index (χ0n) is 12.2. The van der Waals surface area contributed by atoms with Crippen molar-refractivity contribution >= 4 is 39.8 Å². The van der Waals surface area contributed by atoms with E-state index in [1.807, 2.05) is 11.3 Å². The zero-order valence-corrected chi connectivity index (χ0v) is 13.8. The van der Waals surface area contributed by atoms with E-state index in [1.165, 1.54) is 29.5 Å². The molecule has 2 saturated carbocycles. The average Bonchev–Trinajstić information content (AvgIpc) is 3.06. The maximum absolute atomic E-state index is 6.05. The van der Waals surface area contributed by atoms with Gasteiger partial charge in [-0.15, -0.1) is 23.7 Å². The van der Waals surface area contributed by atoms with E-state index in [2.05, 4.69) is 28.0 Å². The summed E-state index contributed by atoms with van der Waals surface area (Å²) in [5.74, 6) is 1.87. The highest BCUT2D eigenvalue weighted by molar-refractivity contribution is 7.18. The first-order valence-electron chi connectivity index (χ1n) is 7.45. The van der Waals surface area contributed by atoms with Crippen molar-refractivity contribution in [3.05, 3.63) is 17.3 Å². The SMILES string of the molecule is CN(c1ncnc2sc(C3CC3)cc12)C1CCC(N)C1.Cl. The van der Waals surface area contributed by atoms with Gasteiger partial charge in [-0.2, -0.15) is 0 Å². The lowest BCUT2D eigenvalue weighted by Crippen LogP contribution is -2.31. The fourth-order valence-corrected chi connectivity index (χ4v) is 4.39. The van der Waals surface area contributed by atoms with Crippen LogP contribution in [0.5, 0.6) is 0 Å². The van der Waals surface area contributed by atoms with Crippen LogP contribution in [0.3, 0.4) is 0 Å². The van der Waals surface area contributed by atoms with Gasteiger partial charge in [-0.25, -0.2) is 9.97 Å². The van der Waals surface area contributed by atoms with Crippen molar-refractivity contribution < 1.29 is 0 Å². The first kappa shape index (κ1) is 15.0. The summed E-state index contributed by atoms with van der Waals surface area (Å²) in [6, 6.07) is 3.19. The molecule has 2 aliphatic carbocycles. The minimum absolute atomic E-state index is 0. The summed E-state index contributed by atoms with van der Waals surface area (Å²) in [7, 11) is 2.15. The van der Waals surface area contributed by atoms with E-state index >= 15 is 0 Å². The summed E-state index contributed by atoms with van der Waals surface area (Å²) >= 11 is 1.84. The van der Waals surface area contributed by atoms with Crippen LogP contribution in [-0.4, -0.2) is 29.1 Å². The molecule has 2 atom stereocenters. The highest BCUT2D eigenvalue weighted by Crippen LogP contribution is 2.45. The summed E-state index contributed by atoms with van der Waals surface area (Å²) in [4.78, 5) is 13.9. The largest absolute Gasteiger partial charge is 0.356 e. The van der Waals surface area contributed by atoms with Crippen LogP contribution in [-0.2, 0) is 0 Å². The van der Waals surface area contributed by atoms with Crippen LogP contribution in [0.4, 0.5) is 5.82 Å². The molecule has 0 amide bonds. The second-order valence-electron chi connectivity index (χ2n) is 6.18. The minimum atomic E-state index is 0. The molecule has 4 rings (SSSR count). The topological polar surface area (TPSA) is 55.0 Å².